The molecule has 188 valence electrons. The Kier molecular flexibility index (Phi) is 10.6. The van der Waals surface area contributed by atoms with Crippen LogP contribution in [-0.2, 0) is 19.1 Å². The Morgan fingerprint density at radius 3 is 2.59 bits per heavy atom. The van der Waals surface area contributed by atoms with Gasteiger partial charge in [-0.1, -0.05) is 0 Å². The molecule has 11 nitrogen and oxygen atoms in total. The molecule has 0 radical (unpaired) electrons. The number of phenolic OH excluding ortho intramolecular Hbond substituents is 1. The second-order valence-electron chi connectivity index (χ2n) is 8.18. The maximum atomic E-state index is 12.6. The summed E-state index contributed by atoms with van der Waals surface area (Å²) in [5.41, 5.74) is 0.169. The highest BCUT2D eigenvalue weighted by Crippen LogP contribution is 2.22. The second kappa shape index (κ2) is 13.4. The van der Waals surface area contributed by atoms with Crippen molar-refractivity contribution in [3.05, 3.63) is 23.8 Å². The van der Waals surface area contributed by atoms with Crippen LogP contribution in [0.4, 0.5) is 0 Å². The number of carbonyl (C=O) groups excluding carboxylic acids is 4. The molecule has 0 aromatic heterocycles. The van der Waals surface area contributed by atoms with Gasteiger partial charge in [0.05, 0.1) is 0 Å². The van der Waals surface area contributed by atoms with E-state index in [0.717, 1.165) is 0 Å². The highest BCUT2D eigenvalue weighted by molar-refractivity contribution is 5.95. The van der Waals surface area contributed by atoms with Crippen LogP contribution in [0.2, 0.25) is 0 Å². The van der Waals surface area contributed by atoms with Crippen molar-refractivity contribution in [3.8, 4) is 11.5 Å². The van der Waals surface area contributed by atoms with Gasteiger partial charge in [0, 0.05) is 52.0 Å². The van der Waals surface area contributed by atoms with Crippen LogP contribution in [0, 0.1) is 0 Å². The number of phenols is 1. The van der Waals surface area contributed by atoms with Crippen molar-refractivity contribution in [2.45, 2.75) is 32.2 Å². The first-order valence-corrected chi connectivity index (χ1v) is 11.3. The Morgan fingerprint density at radius 1 is 1.15 bits per heavy atom. The van der Waals surface area contributed by atoms with Gasteiger partial charge in [0.2, 0.25) is 11.8 Å². The fourth-order valence-electron chi connectivity index (χ4n) is 3.53. The minimum absolute atomic E-state index is 0.0337. The van der Waals surface area contributed by atoms with Crippen molar-refractivity contribution >= 4 is 23.6 Å². The molecule has 1 aliphatic rings. The summed E-state index contributed by atoms with van der Waals surface area (Å²) in [6.07, 6.45) is 1.89. The fraction of sp³-hybridized carbons (Fsp3) is 0.565. The number of aromatic hydroxyl groups is 1. The molecular formula is C23H34N4O7. The van der Waals surface area contributed by atoms with Crippen molar-refractivity contribution in [3.63, 3.8) is 0 Å². The summed E-state index contributed by atoms with van der Waals surface area (Å²) in [4.78, 5) is 52.9. The van der Waals surface area contributed by atoms with E-state index in [-0.39, 0.29) is 42.1 Å². The third kappa shape index (κ3) is 8.54. The Morgan fingerprint density at radius 2 is 1.85 bits per heavy atom. The number of rotatable bonds is 2. The normalized spacial score (nSPS) is 19.6. The first kappa shape index (κ1) is 26.9. The first-order valence-electron chi connectivity index (χ1n) is 11.3. The summed E-state index contributed by atoms with van der Waals surface area (Å²) in [6.45, 7) is 2.91. The fourth-order valence-corrected chi connectivity index (χ4v) is 3.53. The highest BCUT2D eigenvalue weighted by Gasteiger charge is 2.20. The lowest BCUT2D eigenvalue weighted by atomic mass is 10.2. The number of carbonyl (C=O) groups is 4. The van der Waals surface area contributed by atoms with Crippen LogP contribution in [0.1, 0.15) is 36.5 Å². The van der Waals surface area contributed by atoms with E-state index < -0.39 is 17.9 Å². The van der Waals surface area contributed by atoms with E-state index in [0.29, 0.717) is 45.4 Å². The molecule has 2 bridgehead atoms. The van der Waals surface area contributed by atoms with Crippen LogP contribution in [0.25, 0.3) is 0 Å². The summed E-state index contributed by atoms with van der Waals surface area (Å²) in [6, 6.07) is 3.24. The number of hydrogen-bond donors (Lipinski definition) is 3. The number of ether oxygens (including phenoxy) is 2. The number of fused-ring (bicyclic) bond motifs is 2. The van der Waals surface area contributed by atoms with Crippen LogP contribution in [-0.4, -0.2) is 98.1 Å². The van der Waals surface area contributed by atoms with Gasteiger partial charge in [-0.3, -0.25) is 19.2 Å². The van der Waals surface area contributed by atoms with Crippen molar-refractivity contribution in [1.29, 1.82) is 0 Å². The van der Waals surface area contributed by atoms with Crippen LogP contribution < -0.4 is 15.4 Å². The summed E-state index contributed by atoms with van der Waals surface area (Å²) in [5.74, 6) is -1.37. The Bertz CT molecular complexity index is 877. The molecule has 1 aromatic carbocycles. The molecule has 0 fully saturated rings. The van der Waals surface area contributed by atoms with Gasteiger partial charge in [-0.2, -0.15) is 0 Å². The van der Waals surface area contributed by atoms with Crippen LogP contribution in [0.15, 0.2) is 18.2 Å². The van der Waals surface area contributed by atoms with Crippen LogP contribution in [0.3, 0.4) is 0 Å². The Hall–Kier alpha value is -3.34. The molecule has 0 saturated heterocycles. The van der Waals surface area contributed by atoms with Crippen molar-refractivity contribution < 1.29 is 33.8 Å². The van der Waals surface area contributed by atoms with Gasteiger partial charge in [-0.25, -0.2) is 0 Å². The van der Waals surface area contributed by atoms with Gasteiger partial charge in [-0.05, 0) is 38.3 Å². The standard InChI is InChI=1S/C23H34N4O7/c1-16-23(32)26(2)8-4-5-9-27(21(30)15-33-3)10-6-7-24-22(31)17-11-18(28)13-19(12-17)34-14-20(29)25-16/h11-13,16,28H,4-10,14-15H2,1-3H3,(H,24,31)(H,25,29)/t16-/m0/s1. The van der Waals surface area contributed by atoms with E-state index in [4.69, 9.17) is 9.47 Å². The topological polar surface area (TPSA) is 138 Å². The summed E-state index contributed by atoms with van der Waals surface area (Å²) in [5, 5.41) is 15.3. The monoisotopic (exact) mass is 478 g/mol. The summed E-state index contributed by atoms with van der Waals surface area (Å²) in [7, 11) is 3.12. The predicted molar refractivity (Wildman–Crippen MR) is 123 cm³/mol. The van der Waals surface area contributed by atoms with E-state index in [9.17, 15) is 24.3 Å². The first-order chi connectivity index (χ1) is 16.2. The van der Waals surface area contributed by atoms with E-state index >= 15 is 0 Å². The van der Waals surface area contributed by atoms with Gasteiger partial charge < -0.3 is 35.0 Å². The average Bonchev–Trinajstić information content (AvgIpc) is 2.79. The molecule has 2 rings (SSSR count). The quantitative estimate of drug-likeness (QED) is 0.549. The van der Waals surface area contributed by atoms with E-state index in [1.54, 1.807) is 23.8 Å². The zero-order valence-electron chi connectivity index (χ0n) is 20.0. The Balaban J connectivity index is 2.15. The SMILES string of the molecule is COCC(=O)N1CCCCN(C)C(=O)[C@H](C)NC(=O)COc2cc(O)cc(c2)C(=O)NCCC1. The van der Waals surface area contributed by atoms with Gasteiger partial charge in [-0.15, -0.1) is 0 Å². The number of methoxy groups -OCH3 is 1. The number of amides is 4. The molecule has 4 amide bonds. The molecule has 1 heterocycles. The lowest BCUT2D eigenvalue weighted by Gasteiger charge is -2.25. The number of benzene rings is 1. The number of likely N-dealkylation sites (N-methyl/N-ethyl adjacent to an activating group) is 1. The highest BCUT2D eigenvalue weighted by atomic mass is 16.5. The van der Waals surface area contributed by atoms with E-state index in [1.165, 1.54) is 25.3 Å². The maximum Gasteiger partial charge on any atom is 0.258 e. The van der Waals surface area contributed by atoms with Crippen LogP contribution in [0.5, 0.6) is 11.5 Å². The third-order valence-electron chi connectivity index (χ3n) is 5.33. The third-order valence-corrected chi connectivity index (χ3v) is 5.33. The second-order valence-corrected chi connectivity index (χ2v) is 8.18. The van der Waals surface area contributed by atoms with Crippen LogP contribution >= 0.6 is 0 Å². The molecule has 0 spiro atoms. The molecule has 34 heavy (non-hydrogen) atoms. The minimum Gasteiger partial charge on any atom is -0.508 e. The molecule has 0 unspecified atom stereocenters. The minimum atomic E-state index is -0.753. The molecule has 1 aromatic rings. The van der Waals surface area contributed by atoms with Crippen molar-refractivity contribution in [2.75, 3.05) is 53.6 Å². The molecule has 11 heteroatoms. The number of nitrogens with zero attached hydrogens (tertiary/aromatic N) is 2. The van der Waals surface area contributed by atoms with Gasteiger partial charge >= 0.3 is 0 Å². The van der Waals surface area contributed by atoms with Crippen molar-refractivity contribution in [1.82, 2.24) is 20.4 Å². The smallest absolute Gasteiger partial charge is 0.258 e. The predicted octanol–water partition coefficient (Wildman–Crippen LogP) is 0.123. The Labute approximate surface area is 199 Å². The summed E-state index contributed by atoms with van der Waals surface area (Å²) < 4.78 is 10.4. The van der Waals surface area contributed by atoms with E-state index in [1.807, 2.05) is 0 Å². The average molecular weight is 479 g/mol. The molecule has 0 saturated carbocycles. The lowest BCUT2D eigenvalue weighted by molar-refractivity contribution is -0.136. The molecular weight excluding hydrogens is 444 g/mol. The lowest BCUT2D eigenvalue weighted by Crippen LogP contribution is -2.47. The van der Waals surface area contributed by atoms with Gasteiger partial charge in [0.1, 0.15) is 24.1 Å². The van der Waals surface area contributed by atoms with Gasteiger partial charge in [0.25, 0.3) is 11.8 Å². The van der Waals surface area contributed by atoms with Gasteiger partial charge in [0.15, 0.2) is 6.61 Å². The van der Waals surface area contributed by atoms with Crippen molar-refractivity contribution in [2.24, 2.45) is 0 Å². The summed E-state index contributed by atoms with van der Waals surface area (Å²) >= 11 is 0. The molecule has 1 aliphatic heterocycles. The number of nitrogens with one attached hydrogen (secondary N) is 2. The molecule has 1 atom stereocenters. The zero-order valence-corrected chi connectivity index (χ0v) is 20.0. The molecule has 3 N–H and O–H groups in total. The number of hydrogen-bond acceptors (Lipinski definition) is 7. The molecule has 0 aliphatic carbocycles. The largest absolute Gasteiger partial charge is 0.508 e. The maximum absolute atomic E-state index is 12.6. The zero-order chi connectivity index (χ0) is 25.1. The van der Waals surface area contributed by atoms with E-state index in [2.05, 4.69) is 10.6 Å².